The molecule has 1 N–H and O–H groups in total. The summed E-state index contributed by atoms with van der Waals surface area (Å²) in [6, 6.07) is 8.23. The maximum absolute atomic E-state index is 5.83. The van der Waals surface area contributed by atoms with Crippen molar-refractivity contribution in [2.24, 2.45) is 0 Å². The molecule has 1 unspecified atom stereocenters. The number of para-hydroxylation sites is 1. The van der Waals surface area contributed by atoms with Crippen LogP contribution in [0.25, 0.3) is 0 Å². The zero-order valence-electron chi connectivity index (χ0n) is 11.8. The van der Waals surface area contributed by atoms with Crippen LogP contribution in [0.5, 0.6) is 5.75 Å². The molecule has 2 aromatic rings. The Hall–Kier alpha value is -1.88. The highest BCUT2D eigenvalue weighted by Crippen LogP contribution is 2.38. The van der Waals surface area contributed by atoms with E-state index in [1.165, 1.54) is 0 Å². The van der Waals surface area contributed by atoms with E-state index < -0.39 is 0 Å². The van der Waals surface area contributed by atoms with Crippen LogP contribution in [0.15, 0.2) is 28.8 Å². The largest absolute Gasteiger partial charge is 0.485 e. The van der Waals surface area contributed by atoms with E-state index in [0.717, 1.165) is 30.0 Å². The zero-order valence-corrected chi connectivity index (χ0v) is 11.8. The van der Waals surface area contributed by atoms with Crippen molar-refractivity contribution in [3.8, 4) is 5.75 Å². The third-order valence-corrected chi connectivity index (χ3v) is 3.59. The standard InChI is InChI=1S/C15H19N3O2/c1-10(16-2)12-5-3-4-6-13(12)19-9-14-17-15(20-18-14)11-7-8-11/h3-6,10-11,16H,7-9H2,1-2H3. The summed E-state index contributed by atoms with van der Waals surface area (Å²) in [5.74, 6) is 2.69. The summed E-state index contributed by atoms with van der Waals surface area (Å²) >= 11 is 0. The molecule has 1 aliphatic rings. The lowest BCUT2D eigenvalue weighted by Crippen LogP contribution is -2.13. The van der Waals surface area contributed by atoms with Crippen LogP contribution >= 0.6 is 0 Å². The number of ether oxygens (including phenoxy) is 1. The SMILES string of the molecule is CNC(C)c1ccccc1OCc1noc(C2CC2)n1. The molecular formula is C15H19N3O2. The smallest absolute Gasteiger partial charge is 0.229 e. The molecule has 1 aromatic heterocycles. The van der Waals surface area contributed by atoms with E-state index in [2.05, 4.69) is 28.4 Å². The van der Waals surface area contributed by atoms with Gasteiger partial charge in [0, 0.05) is 17.5 Å². The number of hydrogen-bond donors (Lipinski definition) is 1. The number of nitrogens with zero attached hydrogens (tertiary/aromatic N) is 2. The predicted octanol–water partition coefficient (Wildman–Crippen LogP) is 2.81. The van der Waals surface area contributed by atoms with Crippen LogP contribution in [0.1, 0.15) is 49.0 Å². The first kappa shape index (κ1) is 13.1. The Morgan fingerprint density at radius 3 is 2.95 bits per heavy atom. The molecule has 1 saturated carbocycles. The van der Waals surface area contributed by atoms with E-state index in [1.807, 2.05) is 25.2 Å². The average molecular weight is 273 g/mol. The van der Waals surface area contributed by atoms with Crippen LogP contribution in [0.3, 0.4) is 0 Å². The topological polar surface area (TPSA) is 60.2 Å². The minimum atomic E-state index is 0.235. The van der Waals surface area contributed by atoms with E-state index in [1.54, 1.807) is 0 Å². The number of benzene rings is 1. The van der Waals surface area contributed by atoms with Gasteiger partial charge in [-0.3, -0.25) is 0 Å². The first-order chi connectivity index (χ1) is 9.78. The molecule has 5 heteroatoms. The Kier molecular flexibility index (Phi) is 3.69. The van der Waals surface area contributed by atoms with Crippen LogP contribution in [-0.4, -0.2) is 17.2 Å². The number of rotatable bonds is 6. The molecule has 0 aliphatic heterocycles. The van der Waals surface area contributed by atoms with Gasteiger partial charge in [0.25, 0.3) is 0 Å². The lowest BCUT2D eigenvalue weighted by Gasteiger charge is -2.15. The van der Waals surface area contributed by atoms with Crippen molar-refractivity contribution >= 4 is 0 Å². The molecule has 5 nitrogen and oxygen atoms in total. The van der Waals surface area contributed by atoms with E-state index >= 15 is 0 Å². The van der Waals surface area contributed by atoms with E-state index in [-0.39, 0.29) is 6.04 Å². The van der Waals surface area contributed by atoms with Crippen molar-refractivity contribution in [2.45, 2.75) is 38.3 Å². The molecule has 20 heavy (non-hydrogen) atoms. The number of nitrogens with one attached hydrogen (secondary N) is 1. The minimum Gasteiger partial charge on any atom is -0.485 e. The first-order valence-electron chi connectivity index (χ1n) is 6.99. The number of hydrogen-bond acceptors (Lipinski definition) is 5. The van der Waals surface area contributed by atoms with Crippen LogP contribution in [-0.2, 0) is 6.61 Å². The van der Waals surface area contributed by atoms with E-state index in [0.29, 0.717) is 18.3 Å². The molecule has 0 saturated heterocycles. The van der Waals surface area contributed by atoms with Gasteiger partial charge in [0.15, 0.2) is 6.61 Å². The summed E-state index contributed by atoms with van der Waals surface area (Å²) in [6.07, 6.45) is 2.32. The van der Waals surface area contributed by atoms with Gasteiger partial charge >= 0.3 is 0 Å². The molecule has 0 radical (unpaired) electrons. The Bertz CT molecular complexity index is 578. The third kappa shape index (κ3) is 2.82. The molecule has 1 aliphatic carbocycles. The second kappa shape index (κ2) is 5.63. The van der Waals surface area contributed by atoms with Crippen LogP contribution in [0, 0.1) is 0 Å². The average Bonchev–Trinajstić information content (AvgIpc) is 3.24. The Labute approximate surface area is 118 Å². The molecule has 3 rings (SSSR count). The summed E-state index contributed by atoms with van der Waals surface area (Å²) in [6.45, 7) is 2.44. The summed E-state index contributed by atoms with van der Waals surface area (Å²) in [5.41, 5.74) is 1.13. The Balaban J connectivity index is 1.67. The van der Waals surface area contributed by atoms with Crippen molar-refractivity contribution in [2.75, 3.05) is 7.05 Å². The second-order valence-electron chi connectivity index (χ2n) is 5.16. The molecule has 1 fully saturated rings. The Morgan fingerprint density at radius 1 is 1.40 bits per heavy atom. The maximum Gasteiger partial charge on any atom is 0.229 e. The van der Waals surface area contributed by atoms with Crippen molar-refractivity contribution in [3.63, 3.8) is 0 Å². The molecule has 0 spiro atoms. The zero-order chi connectivity index (χ0) is 13.9. The van der Waals surface area contributed by atoms with E-state index in [9.17, 15) is 0 Å². The third-order valence-electron chi connectivity index (χ3n) is 3.59. The van der Waals surface area contributed by atoms with Gasteiger partial charge in [-0.15, -0.1) is 0 Å². The highest BCUT2D eigenvalue weighted by molar-refractivity contribution is 5.35. The molecule has 106 valence electrons. The van der Waals surface area contributed by atoms with Crippen molar-refractivity contribution in [1.29, 1.82) is 0 Å². The molecule has 0 amide bonds. The molecule has 1 atom stereocenters. The van der Waals surface area contributed by atoms with Crippen LogP contribution < -0.4 is 10.1 Å². The minimum absolute atomic E-state index is 0.235. The second-order valence-corrected chi connectivity index (χ2v) is 5.16. The summed E-state index contributed by atoms with van der Waals surface area (Å²) in [7, 11) is 1.93. The summed E-state index contributed by atoms with van der Waals surface area (Å²) < 4.78 is 11.1. The van der Waals surface area contributed by atoms with Gasteiger partial charge in [-0.25, -0.2) is 0 Å². The summed E-state index contributed by atoms with van der Waals surface area (Å²) in [4.78, 5) is 4.36. The fraction of sp³-hybridized carbons (Fsp3) is 0.467. The normalized spacial score (nSPS) is 16.1. The van der Waals surface area contributed by atoms with E-state index in [4.69, 9.17) is 9.26 Å². The first-order valence-corrected chi connectivity index (χ1v) is 6.99. The van der Waals surface area contributed by atoms with Gasteiger partial charge in [-0.1, -0.05) is 23.4 Å². The highest BCUT2D eigenvalue weighted by Gasteiger charge is 2.29. The highest BCUT2D eigenvalue weighted by atomic mass is 16.5. The van der Waals surface area contributed by atoms with Crippen molar-refractivity contribution in [1.82, 2.24) is 15.5 Å². The quantitative estimate of drug-likeness (QED) is 0.877. The van der Waals surface area contributed by atoms with Gasteiger partial charge in [0.2, 0.25) is 11.7 Å². The van der Waals surface area contributed by atoms with Crippen molar-refractivity contribution < 1.29 is 9.26 Å². The van der Waals surface area contributed by atoms with Crippen LogP contribution in [0.2, 0.25) is 0 Å². The van der Waals surface area contributed by atoms with Gasteiger partial charge in [0.1, 0.15) is 5.75 Å². The number of aromatic nitrogens is 2. The van der Waals surface area contributed by atoms with Gasteiger partial charge < -0.3 is 14.6 Å². The van der Waals surface area contributed by atoms with Crippen molar-refractivity contribution in [3.05, 3.63) is 41.5 Å². The molecule has 1 heterocycles. The lowest BCUT2D eigenvalue weighted by molar-refractivity contribution is 0.280. The molecule has 1 aromatic carbocycles. The van der Waals surface area contributed by atoms with Gasteiger partial charge in [0.05, 0.1) is 0 Å². The fourth-order valence-electron chi connectivity index (χ4n) is 2.09. The lowest BCUT2D eigenvalue weighted by atomic mass is 10.1. The Morgan fingerprint density at radius 2 is 2.20 bits per heavy atom. The monoisotopic (exact) mass is 273 g/mol. The molecule has 0 bridgehead atoms. The predicted molar refractivity (Wildman–Crippen MR) is 74.5 cm³/mol. The molecular weight excluding hydrogens is 254 g/mol. The maximum atomic E-state index is 5.83. The van der Waals surface area contributed by atoms with Gasteiger partial charge in [-0.05, 0) is 32.9 Å². The fourth-order valence-corrected chi connectivity index (χ4v) is 2.09. The van der Waals surface area contributed by atoms with Crippen LogP contribution in [0.4, 0.5) is 0 Å². The van der Waals surface area contributed by atoms with Gasteiger partial charge in [-0.2, -0.15) is 4.98 Å². The summed E-state index contributed by atoms with van der Waals surface area (Å²) in [5, 5.41) is 7.18.